The van der Waals surface area contributed by atoms with Crippen molar-refractivity contribution in [1.29, 1.82) is 0 Å². The van der Waals surface area contributed by atoms with Gasteiger partial charge in [0, 0.05) is 32.7 Å². The summed E-state index contributed by atoms with van der Waals surface area (Å²) in [5.41, 5.74) is 13.8. The second-order valence-corrected chi connectivity index (χ2v) is 11.5. The summed E-state index contributed by atoms with van der Waals surface area (Å²) in [5.74, 6) is 2.42. The zero-order valence-corrected chi connectivity index (χ0v) is 25.2. The summed E-state index contributed by atoms with van der Waals surface area (Å²) in [6.07, 6.45) is 2.66. The molecule has 0 aromatic heterocycles. The van der Waals surface area contributed by atoms with Crippen LogP contribution in [0.25, 0.3) is 10.8 Å². The van der Waals surface area contributed by atoms with Crippen molar-refractivity contribution < 1.29 is 19.4 Å². The van der Waals surface area contributed by atoms with E-state index < -0.39 is 0 Å². The molecule has 0 bridgehead atoms. The summed E-state index contributed by atoms with van der Waals surface area (Å²) in [7, 11) is 0. The third-order valence-electron chi connectivity index (χ3n) is 7.26. The number of thioether (sulfide) groups is 1. The third-order valence-corrected chi connectivity index (χ3v) is 8.28. The van der Waals surface area contributed by atoms with Gasteiger partial charge in [0.25, 0.3) is 5.91 Å². The molecule has 0 fully saturated rings. The molecule has 1 amide bonds. The molecule has 0 spiro atoms. The van der Waals surface area contributed by atoms with Crippen molar-refractivity contribution in [3.05, 3.63) is 83.9 Å². The number of carbonyl (C=O) groups excluding carboxylic acids is 1. The zero-order chi connectivity index (χ0) is 29.0. The molecular weight excluding hydrogens is 572 g/mol. The van der Waals surface area contributed by atoms with Crippen LogP contribution in [0.3, 0.4) is 0 Å². The fourth-order valence-corrected chi connectivity index (χ4v) is 6.08. The number of phenolic OH excluding ortho intramolecular Hbond substituents is 1. The van der Waals surface area contributed by atoms with Gasteiger partial charge >= 0.3 is 0 Å². The summed E-state index contributed by atoms with van der Waals surface area (Å²) >= 11 is 1.76. The number of ether oxygens (including phenoxy) is 2. The number of hydrogen-bond donors (Lipinski definition) is 4. The molecule has 4 aromatic rings. The van der Waals surface area contributed by atoms with Gasteiger partial charge < -0.3 is 31.4 Å². The lowest BCUT2D eigenvalue weighted by atomic mass is 9.86. The van der Waals surface area contributed by atoms with E-state index in [9.17, 15) is 9.90 Å². The van der Waals surface area contributed by atoms with Crippen molar-refractivity contribution >= 4 is 58.2 Å². The maximum Gasteiger partial charge on any atom is 0.262 e. The Hall–Kier alpha value is -4.08. The normalized spacial score (nSPS) is 15.6. The topological polar surface area (TPSA) is 132 Å². The Balaban J connectivity index is 0.00000405. The fourth-order valence-electron chi connectivity index (χ4n) is 4.98. The first kappa shape index (κ1) is 30.9. The molecular formula is C32H35ClN4O4S. The minimum atomic E-state index is -0.286. The molecule has 0 saturated heterocycles. The van der Waals surface area contributed by atoms with Gasteiger partial charge in [0.1, 0.15) is 22.8 Å². The van der Waals surface area contributed by atoms with Crippen LogP contribution in [0.15, 0.2) is 82.7 Å². The summed E-state index contributed by atoms with van der Waals surface area (Å²) in [4.78, 5) is 17.4. The smallest absolute Gasteiger partial charge is 0.262 e. The lowest BCUT2D eigenvalue weighted by Gasteiger charge is -2.37. The average Bonchev–Trinajstić information content (AvgIpc) is 2.96. The largest absolute Gasteiger partial charge is 0.507 e. The van der Waals surface area contributed by atoms with Gasteiger partial charge in [-0.2, -0.15) is 0 Å². The molecule has 1 unspecified atom stereocenters. The number of anilines is 1. The molecule has 4 aromatic carbocycles. The molecule has 0 aliphatic carbocycles. The van der Waals surface area contributed by atoms with E-state index >= 15 is 0 Å². The van der Waals surface area contributed by atoms with E-state index in [4.69, 9.17) is 20.9 Å². The first-order valence-electron chi connectivity index (χ1n) is 13.5. The Morgan fingerprint density at radius 2 is 1.76 bits per heavy atom. The second kappa shape index (κ2) is 13.3. The summed E-state index contributed by atoms with van der Waals surface area (Å²) in [6, 6.07) is 22.5. The van der Waals surface area contributed by atoms with Crippen LogP contribution in [0.4, 0.5) is 11.4 Å². The molecule has 0 saturated carbocycles. The molecule has 5 rings (SSSR count). The van der Waals surface area contributed by atoms with Gasteiger partial charge in [-0.1, -0.05) is 24.3 Å². The predicted molar refractivity (Wildman–Crippen MR) is 173 cm³/mol. The molecule has 0 radical (unpaired) electrons. The minimum absolute atomic E-state index is 0. The molecule has 10 heteroatoms. The van der Waals surface area contributed by atoms with E-state index in [1.165, 1.54) is 0 Å². The van der Waals surface area contributed by atoms with Crippen molar-refractivity contribution in [2.24, 2.45) is 16.5 Å². The van der Waals surface area contributed by atoms with Gasteiger partial charge in [-0.05, 0) is 87.2 Å². The Labute approximate surface area is 255 Å². The number of amides is 1. The van der Waals surface area contributed by atoms with E-state index in [0.29, 0.717) is 22.9 Å². The first-order chi connectivity index (χ1) is 19.7. The lowest BCUT2D eigenvalue weighted by molar-refractivity contribution is -0.118. The molecule has 6 N–H and O–H groups in total. The Morgan fingerprint density at radius 3 is 2.45 bits per heavy atom. The van der Waals surface area contributed by atoms with Crippen LogP contribution in [0.2, 0.25) is 0 Å². The van der Waals surface area contributed by atoms with Crippen LogP contribution in [-0.4, -0.2) is 34.9 Å². The molecule has 1 atom stereocenters. The van der Waals surface area contributed by atoms with E-state index in [-0.39, 0.29) is 36.5 Å². The van der Waals surface area contributed by atoms with Gasteiger partial charge in [-0.25, -0.2) is 4.99 Å². The standard InChI is InChI=1S/C32H34N4O4S.ClH/c1-20-25-15-16-32(2,40-30(25)27-6-4-3-5-26(27)29(20)38)17-18-41-24-13-9-21(10-14-24)35-28(37)19-39-23-11-7-22(8-12-23)36-31(33)34;/h3-14,38H,15-19H2,1-2H3,(H,35,37)(H4,33,34,36);1H. The molecule has 1 heterocycles. The number of hydrogen-bond acceptors (Lipinski definition) is 6. The van der Waals surface area contributed by atoms with Crippen LogP contribution >= 0.6 is 24.2 Å². The first-order valence-corrected chi connectivity index (χ1v) is 14.5. The number of nitrogens with one attached hydrogen (secondary N) is 1. The van der Waals surface area contributed by atoms with E-state index in [1.807, 2.05) is 55.5 Å². The maximum absolute atomic E-state index is 12.4. The summed E-state index contributed by atoms with van der Waals surface area (Å²) in [5, 5.41) is 15.3. The zero-order valence-electron chi connectivity index (χ0n) is 23.6. The summed E-state index contributed by atoms with van der Waals surface area (Å²) in [6.45, 7) is 4.03. The fraction of sp³-hybridized carbons (Fsp3) is 0.250. The number of aliphatic imine (C=N–C) groups is 1. The highest BCUT2D eigenvalue weighted by atomic mass is 35.5. The number of aromatic hydroxyl groups is 1. The quantitative estimate of drug-likeness (QED) is 0.0976. The maximum atomic E-state index is 12.4. The van der Waals surface area contributed by atoms with Crippen LogP contribution in [-0.2, 0) is 11.2 Å². The summed E-state index contributed by atoms with van der Waals surface area (Å²) < 4.78 is 12.2. The minimum Gasteiger partial charge on any atom is -0.507 e. The second-order valence-electron chi connectivity index (χ2n) is 10.4. The number of nitrogens with zero attached hydrogens (tertiary/aromatic N) is 1. The molecule has 220 valence electrons. The van der Waals surface area contributed by atoms with Crippen molar-refractivity contribution in [3.63, 3.8) is 0 Å². The number of benzene rings is 4. The number of nitrogens with two attached hydrogens (primary N) is 2. The van der Waals surface area contributed by atoms with Crippen LogP contribution in [0.1, 0.15) is 30.9 Å². The van der Waals surface area contributed by atoms with E-state index in [2.05, 4.69) is 17.2 Å². The predicted octanol–water partition coefficient (Wildman–Crippen LogP) is 6.46. The van der Waals surface area contributed by atoms with Crippen molar-refractivity contribution in [2.75, 3.05) is 17.7 Å². The molecule has 42 heavy (non-hydrogen) atoms. The number of carbonyl (C=O) groups is 1. The monoisotopic (exact) mass is 606 g/mol. The average molecular weight is 607 g/mol. The van der Waals surface area contributed by atoms with Crippen molar-refractivity contribution in [3.8, 4) is 17.2 Å². The number of halogens is 1. The Bertz CT molecular complexity index is 1590. The van der Waals surface area contributed by atoms with Gasteiger partial charge in [0.05, 0.1) is 5.69 Å². The van der Waals surface area contributed by atoms with E-state index in [1.54, 1.807) is 36.0 Å². The SMILES string of the molecule is Cc1c2c(c3ccccc3c1O)OC(C)(CCSc1ccc(NC(=O)COc3ccc(N=C(N)N)cc3)cc1)CC2.Cl. The van der Waals surface area contributed by atoms with Gasteiger partial charge in [0.15, 0.2) is 12.6 Å². The van der Waals surface area contributed by atoms with Crippen molar-refractivity contribution in [1.82, 2.24) is 0 Å². The number of fused-ring (bicyclic) bond motifs is 3. The van der Waals surface area contributed by atoms with Gasteiger partial charge in [-0.15, -0.1) is 24.2 Å². The molecule has 1 aliphatic heterocycles. The highest BCUT2D eigenvalue weighted by Gasteiger charge is 2.34. The van der Waals surface area contributed by atoms with Crippen LogP contribution < -0.4 is 26.3 Å². The van der Waals surface area contributed by atoms with Gasteiger partial charge in [-0.3, -0.25) is 4.79 Å². The van der Waals surface area contributed by atoms with E-state index in [0.717, 1.165) is 57.6 Å². The lowest BCUT2D eigenvalue weighted by Crippen LogP contribution is -2.37. The highest BCUT2D eigenvalue weighted by Crippen LogP contribution is 2.46. The van der Waals surface area contributed by atoms with Crippen molar-refractivity contribution in [2.45, 2.75) is 43.6 Å². The van der Waals surface area contributed by atoms with Crippen LogP contribution in [0, 0.1) is 6.92 Å². The number of phenols is 1. The Morgan fingerprint density at radius 1 is 1.07 bits per heavy atom. The van der Waals surface area contributed by atoms with Gasteiger partial charge in [0.2, 0.25) is 0 Å². The third kappa shape index (κ3) is 7.21. The number of guanidine groups is 1. The van der Waals surface area contributed by atoms with Crippen LogP contribution in [0.5, 0.6) is 17.2 Å². The highest BCUT2D eigenvalue weighted by molar-refractivity contribution is 7.99. The molecule has 8 nitrogen and oxygen atoms in total. The number of rotatable bonds is 9. The Kier molecular flexibility index (Phi) is 9.75. The molecule has 1 aliphatic rings.